The number of terminal acetylenes is 1. The molecule has 8 rings (SSSR count). The first kappa shape index (κ1) is 49.8. The average Bonchev–Trinajstić information content (AvgIpc) is 4.09. The van der Waals surface area contributed by atoms with Crippen LogP contribution in [0.2, 0.25) is 0 Å². The lowest BCUT2D eigenvalue weighted by Gasteiger charge is -2.40. The van der Waals surface area contributed by atoms with Gasteiger partial charge in [0.05, 0.1) is 47.9 Å². The highest BCUT2D eigenvalue weighted by molar-refractivity contribution is 6.05. The van der Waals surface area contributed by atoms with Crippen LogP contribution in [-0.2, 0) is 24.6 Å². The quantitative estimate of drug-likeness (QED) is 0.0890. The zero-order chi connectivity index (χ0) is 46.8. The van der Waals surface area contributed by atoms with Gasteiger partial charge < -0.3 is 40.3 Å². The number of amides is 4. The fourth-order valence-corrected chi connectivity index (χ4v) is 7.59. The fraction of sp³-hybridized carbons (Fsp3) is 0.400. The SMILES string of the molecule is C#C.CC.CCC.CCC.COC(=O)NCC(=O)NC1(c2nc3c(ccc4cc(-c5ccc(-c6ccc7nc([C@@H]8CCCN8C(=O)CNC(=O)OC)[nH]c7c6)cc5)ccc43)[nH]2)CCC1. The largest absolute Gasteiger partial charge is 0.453 e. The number of nitrogens with zero attached hydrogens (tertiary/aromatic N) is 3. The van der Waals surface area contributed by atoms with Gasteiger partial charge in [0.1, 0.15) is 24.7 Å². The van der Waals surface area contributed by atoms with E-state index in [1.165, 1.54) is 27.1 Å². The second-order valence-electron chi connectivity index (χ2n) is 15.2. The number of fused-ring (bicyclic) bond motifs is 4. The first-order valence-electron chi connectivity index (χ1n) is 22.2. The van der Waals surface area contributed by atoms with Crippen molar-refractivity contribution < 1.29 is 28.7 Å². The van der Waals surface area contributed by atoms with E-state index in [0.29, 0.717) is 12.4 Å². The molecule has 0 unspecified atom stereocenters. The Hall–Kier alpha value is -6.88. The zero-order valence-electron chi connectivity index (χ0n) is 38.5. The summed E-state index contributed by atoms with van der Waals surface area (Å²) in [5, 5.41) is 10.1. The summed E-state index contributed by atoms with van der Waals surface area (Å²) >= 11 is 0. The van der Waals surface area contributed by atoms with Crippen LogP contribution in [0.15, 0.2) is 72.8 Å². The Balaban J connectivity index is 0.000000831. The molecule has 3 heterocycles. The van der Waals surface area contributed by atoms with E-state index in [0.717, 1.165) is 93.0 Å². The van der Waals surface area contributed by atoms with Gasteiger partial charge in [0.15, 0.2) is 0 Å². The molecule has 2 aromatic heterocycles. The van der Waals surface area contributed by atoms with E-state index in [4.69, 9.17) is 9.97 Å². The van der Waals surface area contributed by atoms with Crippen LogP contribution < -0.4 is 16.0 Å². The summed E-state index contributed by atoms with van der Waals surface area (Å²) in [6, 6.07) is 24.9. The van der Waals surface area contributed by atoms with Crippen LogP contribution in [0, 0.1) is 12.8 Å². The maximum absolute atomic E-state index is 12.9. The van der Waals surface area contributed by atoms with Gasteiger partial charge in [0.2, 0.25) is 11.8 Å². The summed E-state index contributed by atoms with van der Waals surface area (Å²) in [6.07, 6.45) is 13.3. The highest BCUT2D eigenvalue weighted by atomic mass is 16.5. The number of hydrogen-bond donors (Lipinski definition) is 5. The van der Waals surface area contributed by atoms with Gasteiger partial charge in [-0.05, 0) is 84.0 Å². The molecule has 1 saturated carbocycles. The van der Waals surface area contributed by atoms with Crippen LogP contribution in [0.4, 0.5) is 9.59 Å². The number of alkyl carbamates (subject to hydrolysis) is 2. The zero-order valence-corrected chi connectivity index (χ0v) is 38.5. The molecule has 14 nitrogen and oxygen atoms in total. The molecule has 1 aliphatic heterocycles. The maximum Gasteiger partial charge on any atom is 0.407 e. The van der Waals surface area contributed by atoms with Crippen molar-refractivity contribution in [3.63, 3.8) is 0 Å². The highest BCUT2D eigenvalue weighted by Crippen LogP contribution is 2.41. The number of carbonyl (C=O) groups excluding carboxylic acids is 4. The van der Waals surface area contributed by atoms with Gasteiger partial charge >= 0.3 is 12.2 Å². The number of rotatable bonds is 9. The molecule has 64 heavy (non-hydrogen) atoms. The monoisotopic (exact) mass is 872 g/mol. The molecule has 14 heteroatoms. The number of imidazole rings is 2. The molecule has 4 aromatic carbocycles. The van der Waals surface area contributed by atoms with Gasteiger partial charge in [-0.25, -0.2) is 19.6 Å². The maximum atomic E-state index is 12.9. The molecule has 1 aliphatic carbocycles. The Kier molecular flexibility index (Phi) is 18.7. The lowest BCUT2D eigenvalue weighted by atomic mass is 9.76. The molecule has 1 saturated heterocycles. The number of H-pyrrole nitrogens is 2. The van der Waals surface area contributed by atoms with E-state index in [2.05, 4.69) is 137 Å². The Morgan fingerprint density at radius 2 is 1.31 bits per heavy atom. The Labute approximate surface area is 376 Å². The van der Waals surface area contributed by atoms with Crippen molar-refractivity contribution in [1.82, 2.24) is 40.8 Å². The molecule has 5 N–H and O–H groups in total. The smallest absolute Gasteiger partial charge is 0.407 e. The van der Waals surface area contributed by atoms with Crippen molar-refractivity contribution in [3.8, 4) is 35.1 Å². The normalized spacial score (nSPS) is 14.4. The molecule has 6 aromatic rings. The highest BCUT2D eigenvalue weighted by Gasteiger charge is 2.43. The number of aromatic amines is 2. The Morgan fingerprint density at radius 1 is 0.734 bits per heavy atom. The number of hydrogen-bond acceptors (Lipinski definition) is 8. The van der Waals surface area contributed by atoms with Crippen LogP contribution in [0.25, 0.3) is 55.1 Å². The standard InChI is InChI=1S/C40H40N8O6.2C3H8.C2H6.C2H2/c1-53-38(51)41-21-33(49)47-40(16-4-17-40)37-45-30-15-12-27-19-25(10-13-28(27)35(30)46-37)23-6-8-24(9-7-23)26-11-14-29-31(20-26)44-36(43-29)32-5-3-18-48(32)34(50)22-42-39(52)54-2;2*1-3-2;2*1-2/h6-15,19-20,32H,3-5,16-18,21-22H2,1-2H3,(H,41,51)(H,42,52)(H,43,44)(H,45,46)(H,47,49);2*3H2,1-2H3;1-2H3;1-2H/t32-;;;;/m0..../s1. The third-order valence-electron chi connectivity index (χ3n) is 10.6. The first-order valence-corrected chi connectivity index (χ1v) is 22.2. The van der Waals surface area contributed by atoms with Crippen LogP contribution in [0.3, 0.4) is 0 Å². The summed E-state index contributed by atoms with van der Waals surface area (Å²) in [6.45, 7) is 12.8. The minimum atomic E-state index is -0.655. The van der Waals surface area contributed by atoms with E-state index < -0.39 is 17.7 Å². The lowest BCUT2D eigenvalue weighted by Crippen LogP contribution is -2.53. The minimum Gasteiger partial charge on any atom is -0.453 e. The summed E-state index contributed by atoms with van der Waals surface area (Å²) in [7, 11) is 2.53. The van der Waals surface area contributed by atoms with Gasteiger partial charge in [-0.3, -0.25) is 9.59 Å². The predicted octanol–water partition coefficient (Wildman–Crippen LogP) is 9.91. The second-order valence-corrected chi connectivity index (χ2v) is 15.2. The molecule has 2 fully saturated rings. The van der Waals surface area contributed by atoms with Crippen molar-refractivity contribution >= 4 is 56.8 Å². The number of ether oxygens (including phenoxy) is 2. The third-order valence-corrected chi connectivity index (χ3v) is 10.6. The average molecular weight is 873 g/mol. The number of benzene rings is 4. The van der Waals surface area contributed by atoms with Crippen molar-refractivity contribution in [2.45, 2.75) is 98.1 Å². The van der Waals surface area contributed by atoms with Gasteiger partial charge in [-0.15, -0.1) is 12.8 Å². The fourth-order valence-electron chi connectivity index (χ4n) is 7.59. The summed E-state index contributed by atoms with van der Waals surface area (Å²) < 4.78 is 9.16. The number of carbonyl (C=O) groups is 4. The molecule has 340 valence electrons. The molecule has 1 atom stereocenters. The number of likely N-dealkylation sites (tertiary alicyclic amines) is 1. The van der Waals surface area contributed by atoms with Gasteiger partial charge in [-0.2, -0.15) is 0 Å². The Morgan fingerprint density at radius 3 is 1.91 bits per heavy atom. The van der Waals surface area contributed by atoms with Crippen molar-refractivity contribution in [3.05, 3.63) is 84.4 Å². The van der Waals surface area contributed by atoms with Crippen LogP contribution in [0.1, 0.15) is 104 Å². The molecule has 2 aliphatic rings. The van der Waals surface area contributed by atoms with E-state index in [-0.39, 0.29) is 30.9 Å². The predicted molar refractivity (Wildman–Crippen MR) is 255 cm³/mol. The van der Waals surface area contributed by atoms with Crippen molar-refractivity contribution in [2.75, 3.05) is 33.9 Å². The molecule has 4 amide bonds. The molecular weight excluding hydrogens is 809 g/mol. The van der Waals surface area contributed by atoms with Gasteiger partial charge in [-0.1, -0.05) is 103 Å². The number of aromatic nitrogens is 4. The van der Waals surface area contributed by atoms with E-state index >= 15 is 0 Å². The van der Waals surface area contributed by atoms with E-state index in [1.807, 2.05) is 26.0 Å². The molecule has 0 spiro atoms. The van der Waals surface area contributed by atoms with Gasteiger partial charge in [0.25, 0.3) is 0 Å². The summed E-state index contributed by atoms with van der Waals surface area (Å²) in [5.41, 5.74) is 7.12. The molecule has 0 radical (unpaired) electrons. The van der Waals surface area contributed by atoms with E-state index in [1.54, 1.807) is 4.90 Å². The molecule has 0 bridgehead atoms. The van der Waals surface area contributed by atoms with Crippen molar-refractivity contribution in [1.29, 1.82) is 0 Å². The summed E-state index contributed by atoms with van der Waals surface area (Å²) in [5.74, 6) is 0.978. The van der Waals surface area contributed by atoms with Crippen LogP contribution >= 0.6 is 0 Å². The lowest BCUT2D eigenvalue weighted by molar-refractivity contribution is -0.131. The topological polar surface area (TPSA) is 183 Å². The molecular formula is C50H64N8O6. The van der Waals surface area contributed by atoms with Crippen LogP contribution in [0.5, 0.6) is 0 Å². The summed E-state index contributed by atoms with van der Waals surface area (Å²) in [4.78, 5) is 66.9. The number of methoxy groups -OCH3 is 2. The minimum absolute atomic E-state index is 0.124. The second kappa shape index (κ2) is 24.1. The first-order chi connectivity index (χ1) is 31.1. The number of nitrogens with one attached hydrogen (secondary N) is 5. The van der Waals surface area contributed by atoms with Crippen LogP contribution in [-0.4, -0.2) is 82.7 Å². The Bertz CT molecular complexity index is 2500. The van der Waals surface area contributed by atoms with E-state index in [9.17, 15) is 19.2 Å². The third kappa shape index (κ3) is 11.8. The van der Waals surface area contributed by atoms with Crippen molar-refractivity contribution in [2.24, 2.45) is 0 Å². The van der Waals surface area contributed by atoms with Gasteiger partial charge in [0, 0.05) is 11.9 Å².